The monoisotopic (exact) mass is 224 g/mol. The summed E-state index contributed by atoms with van der Waals surface area (Å²) in [5, 5.41) is 3.77. The van der Waals surface area contributed by atoms with E-state index in [2.05, 4.69) is 17.1 Å². The molecule has 3 rings (SSSR count). The maximum atomic E-state index is 5.74. The van der Waals surface area contributed by atoms with Gasteiger partial charge in [-0.15, -0.1) is 0 Å². The van der Waals surface area contributed by atoms with E-state index in [4.69, 9.17) is 4.74 Å². The van der Waals surface area contributed by atoms with Gasteiger partial charge in [0.15, 0.2) is 0 Å². The van der Waals surface area contributed by atoms with Gasteiger partial charge in [0, 0.05) is 37.8 Å². The molecule has 16 heavy (non-hydrogen) atoms. The molecule has 0 bridgehead atoms. The molecule has 0 spiro atoms. The molecule has 92 valence electrons. The number of likely N-dealkylation sites (tertiary alicyclic amines) is 1. The molecule has 2 heterocycles. The van der Waals surface area contributed by atoms with Crippen molar-refractivity contribution in [3.8, 4) is 0 Å². The summed E-state index contributed by atoms with van der Waals surface area (Å²) in [5.41, 5.74) is 0. The molecule has 1 saturated carbocycles. The van der Waals surface area contributed by atoms with Crippen molar-refractivity contribution in [1.29, 1.82) is 0 Å². The minimum atomic E-state index is 0.468. The molecule has 0 amide bonds. The van der Waals surface area contributed by atoms with E-state index in [0.717, 1.165) is 12.6 Å². The zero-order valence-electron chi connectivity index (χ0n) is 10.3. The Morgan fingerprint density at radius 2 is 2.12 bits per heavy atom. The van der Waals surface area contributed by atoms with Crippen LogP contribution in [0.25, 0.3) is 0 Å². The van der Waals surface area contributed by atoms with Crippen LogP contribution in [-0.4, -0.2) is 48.8 Å². The smallest absolute Gasteiger partial charge is 0.0726 e. The Hall–Kier alpha value is -0.120. The van der Waals surface area contributed by atoms with Crippen LogP contribution in [-0.2, 0) is 4.74 Å². The lowest BCUT2D eigenvalue weighted by atomic mass is 10.1. The quantitative estimate of drug-likeness (QED) is 0.781. The van der Waals surface area contributed by atoms with E-state index in [-0.39, 0.29) is 0 Å². The highest BCUT2D eigenvalue weighted by atomic mass is 16.5. The first-order chi connectivity index (χ1) is 7.83. The first kappa shape index (κ1) is 11.0. The predicted molar refractivity (Wildman–Crippen MR) is 64.6 cm³/mol. The lowest BCUT2D eigenvalue weighted by Crippen LogP contribution is -2.44. The number of nitrogens with one attached hydrogen (secondary N) is 1. The fourth-order valence-corrected chi connectivity index (χ4v) is 3.17. The average molecular weight is 224 g/mol. The van der Waals surface area contributed by atoms with E-state index in [1.807, 2.05) is 0 Å². The third-order valence-corrected chi connectivity index (χ3v) is 4.30. The van der Waals surface area contributed by atoms with Gasteiger partial charge >= 0.3 is 0 Å². The molecule has 3 fully saturated rings. The summed E-state index contributed by atoms with van der Waals surface area (Å²) in [6.45, 7) is 5.83. The minimum Gasteiger partial charge on any atom is -0.377 e. The minimum absolute atomic E-state index is 0.468. The van der Waals surface area contributed by atoms with Crippen LogP contribution >= 0.6 is 0 Å². The Labute approximate surface area is 98.5 Å². The van der Waals surface area contributed by atoms with E-state index < -0.39 is 0 Å². The maximum absolute atomic E-state index is 5.74. The summed E-state index contributed by atoms with van der Waals surface area (Å²) in [4.78, 5) is 2.67. The Kier molecular flexibility index (Phi) is 3.18. The first-order valence-electron chi connectivity index (χ1n) is 6.94. The summed E-state index contributed by atoms with van der Waals surface area (Å²) in [7, 11) is 0. The standard InChI is InChI=1S/C13H24N2O/c1-10(13-3-2-8-16-13)14-11-6-7-15(9-11)12-4-5-12/h10-14H,2-9H2,1H3. The largest absolute Gasteiger partial charge is 0.377 e. The molecular weight excluding hydrogens is 200 g/mol. The Bertz CT molecular complexity index is 236. The molecule has 3 unspecified atom stereocenters. The molecule has 2 aliphatic heterocycles. The summed E-state index contributed by atoms with van der Waals surface area (Å²) in [5.74, 6) is 0. The fourth-order valence-electron chi connectivity index (χ4n) is 3.17. The van der Waals surface area contributed by atoms with Crippen molar-refractivity contribution in [2.24, 2.45) is 0 Å². The molecule has 1 aliphatic carbocycles. The summed E-state index contributed by atoms with van der Waals surface area (Å²) in [6, 6.07) is 2.18. The van der Waals surface area contributed by atoms with Crippen LogP contribution in [0.4, 0.5) is 0 Å². The molecule has 3 nitrogen and oxygen atoms in total. The van der Waals surface area contributed by atoms with Gasteiger partial charge < -0.3 is 10.1 Å². The van der Waals surface area contributed by atoms with E-state index in [0.29, 0.717) is 18.2 Å². The molecule has 2 saturated heterocycles. The lowest BCUT2D eigenvalue weighted by molar-refractivity contribution is 0.0799. The van der Waals surface area contributed by atoms with Crippen LogP contribution in [0.2, 0.25) is 0 Å². The SMILES string of the molecule is CC(NC1CCN(C2CC2)C1)C1CCCO1. The number of nitrogens with zero attached hydrogens (tertiary/aromatic N) is 1. The van der Waals surface area contributed by atoms with Crippen molar-refractivity contribution in [2.75, 3.05) is 19.7 Å². The van der Waals surface area contributed by atoms with Crippen molar-refractivity contribution >= 4 is 0 Å². The Balaban J connectivity index is 1.44. The Morgan fingerprint density at radius 1 is 1.25 bits per heavy atom. The van der Waals surface area contributed by atoms with Crippen molar-refractivity contribution in [3.63, 3.8) is 0 Å². The normalized spacial score (nSPS) is 38.1. The molecule has 3 atom stereocenters. The Morgan fingerprint density at radius 3 is 2.81 bits per heavy atom. The van der Waals surface area contributed by atoms with Crippen LogP contribution in [0.5, 0.6) is 0 Å². The van der Waals surface area contributed by atoms with Crippen LogP contribution < -0.4 is 5.32 Å². The number of hydrogen-bond acceptors (Lipinski definition) is 3. The summed E-state index contributed by atoms with van der Waals surface area (Å²) in [6.07, 6.45) is 7.16. The third-order valence-electron chi connectivity index (χ3n) is 4.30. The van der Waals surface area contributed by atoms with E-state index in [9.17, 15) is 0 Å². The van der Waals surface area contributed by atoms with Crippen molar-refractivity contribution in [2.45, 2.75) is 63.3 Å². The van der Waals surface area contributed by atoms with Crippen molar-refractivity contribution < 1.29 is 4.74 Å². The van der Waals surface area contributed by atoms with Gasteiger partial charge in [0.2, 0.25) is 0 Å². The first-order valence-corrected chi connectivity index (χ1v) is 6.94. The maximum Gasteiger partial charge on any atom is 0.0726 e. The molecule has 3 aliphatic rings. The molecule has 0 aromatic rings. The van der Waals surface area contributed by atoms with E-state index in [1.165, 1.54) is 45.2 Å². The second-order valence-corrected chi connectivity index (χ2v) is 5.72. The predicted octanol–water partition coefficient (Wildman–Crippen LogP) is 1.38. The third kappa shape index (κ3) is 2.41. The zero-order valence-corrected chi connectivity index (χ0v) is 10.3. The molecule has 3 heteroatoms. The lowest BCUT2D eigenvalue weighted by Gasteiger charge is -2.24. The van der Waals surface area contributed by atoms with Gasteiger partial charge in [0.1, 0.15) is 0 Å². The number of rotatable bonds is 4. The summed E-state index contributed by atoms with van der Waals surface area (Å²) < 4.78 is 5.74. The van der Waals surface area contributed by atoms with Crippen LogP contribution in [0.1, 0.15) is 39.0 Å². The van der Waals surface area contributed by atoms with E-state index in [1.54, 1.807) is 0 Å². The van der Waals surface area contributed by atoms with Gasteiger partial charge in [-0.05, 0) is 39.0 Å². The average Bonchev–Trinajstić information content (AvgIpc) is 2.82. The van der Waals surface area contributed by atoms with E-state index >= 15 is 0 Å². The van der Waals surface area contributed by atoms with Crippen molar-refractivity contribution in [3.05, 3.63) is 0 Å². The highest BCUT2D eigenvalue weighted by molar-refractivity contribution is 4.93. The van der Waals surface area contributed by atoms with Gasteiger partial charge in [-0.25, -0.2) is 0 Å². The van der Waals surface area contributed by atoms with Crippen LogP contribution in [0, 0.1) is 0 Å². The van der Waals surface area contributed by atoms with Gasteiger partial charge in [-0.1, -0.05) is 0 Å². The number of ether oxygens (including phenoxy) is 1. The van der Waals surface area contributed by atoms with Crippen LogP contribution in [0.3, 0.4) is 0 Å². The summed E-state index contributed by atoms with van der Waals surface area (Å²) >= 11 is 0. The second-order valence-electron chi connectivity index (χ2n) is 5.72. The molecule has 1 N–H and O–H groups in total. The fraction of sp³-hybridized carbons (Fsp3) is 1.00. The van der Waals surface area contributed by atoms with Gasteiger partial charge in [-0.2, -0.15) is 0 Å². The highest BCUT2D eigenvalue weighted by Gasteiger charge is 2.35. The van der Waals surface area contributed by atoms with Gasteiger partial charge in [0.25, 0.3) is 0 Å². The second kappa shape index (κ2) is 4.63. The highest BCUT2D eigenvalue weighted by Crippen LogP contribution is 2.30. The zero-order chi connectivity index (χ0) is 11.0. The molecular formula is C13H24N2O. The van der Waals surface area contributed by atoms with Crippen molar-refractivity contribution in [1.82, 2.24) is 10.2 Å². The molecule has 0 aromatic carbocycles. The van der Waals surface area contributed by atoms with Gasteiger partial charge in [-0.3, -0.25) is 4.90 Å². The topological polar surface area (TPSA) is 24.5 Å². The van der Waals surface area contributed by atoms with Crippen LogP contribution in [0.15, 0.2) is 0 Å². The molecule has 0 aromatic heterocycles. The van der Waals surface area contributed by atoms with Gasteiger partial charge in [0.05, 0.1) is 6.10 Å². The molecule has 0 radical (unpaired) electrons. The number of hydrogen-bond donors (Lipinski definition) is 1.